The van der Waals surface area contributed by atoms with Crippen LogP contribution in [0.4, 0.5) is 0 Å². The lowest BCUT2D eigenvalue weighted by molar-refractivity contribution is -0.151. The molecule has 2 N–H and O–H groups in total. The van der Waals surface area contributed by atoms with Gasteiger partial charge in [0.05, 0.1) is 11.5 Å². The summed E-state index contributed by atoms with van der Waals surface area (Å²) >= 11 is 0. The molecule has 5 nitrogen and oxygen atoms in total. The van der Waals surface area contributed by atoms with Gasteiger partial charge in [-0.15, -0.1) is 0 Å². The highest BCUT2D eigenvalue weighted by molar-refractivity contribution is 5.84. The molecule has 1 aliphatic rings. The standard InChI is InChI=1S/C12H22N2O3/c1-8(2)12(11(16)17)5-6-14(7-12)10(15)9(3)13-4/h8-9,13H,5-7H2,1-4H3,(H,16,17). The van der Waals surface area contributed by atoms with Crippen LogP contribution in [0.2, 0.25) is 0 Å². The van der Waals surface area contributed by atoms with Crippen molar-refractivity contribution < 1.29 is 14.7 Å². The minimum Gasteiger partial charge on any atom is -0.481 e. The van der Waals surface area contributed by atoms with Crippen LogP contribution in [0.3, 0.4) is 0 Å². The number of likely N-dealkylation sites (N-methyl/N-ethyl adjacent to an activating group) is 1. The van der Waals surface area contributed by atoms with Crippen LogP contribution in [-0.2, 0) is 9.59 Å². The number of aliphatic carboxylic acids is 1. The van der Waals surface area contributed by atoms with Gasteiger partial charge in [-0.1, -0.05) is 13.8 Å². The first-order valence-corrected chi connectivity index (χ1v) is 6.04. The van der Waals surface area contributed by atoms with Crippen LogP contribution in [-0.4, -0.2) is 48.1 Å². The third kappa shape index (κ3) is 2.44. The molecule has 2 atom stereocenters. The summed E-state index contributed by atoms with van der Waals surface area (Å²) in [6, 6.07) is -0.258. The summed E-state index contributed by atoms with van der Waals surface area (Å²) < 4.78 is 0. The highest BCUT2D eigenvalue weighted by atomic mass is 16.4. The minimum absolute atomic E-state index is 0.0173. The number of amides is 1. The number of carboxylic acids is 1. The molecule has 1 aliphatic heterocycles. The van der Waals surface area contributed by atoms with Crippen molar-refractivity contribution in [1.82, 2.24) is 10.2 Å². The van der Waals surface area contributed by atoms with Crippen LogP contribution in [0.1, 0.15) is 27.2 Å². The van der Waals surface area contributed by atoms with E-state index in [-0.39, 0.29) is 17.9 Å². The molecule has 1 fully saturated rings. The van der Waals surface area contributed by atoms with Crippen LogP contribution < -0.4 is 5.32 Å². The number of carbonyl (C=O) groups is 2. The van der Waals surface area contributed by atoms with Gasteiger partial charge in [-0.05, 0) is 26.3 Å². The molecule has 17 heavy (non-hydrogen) atoms. The van der Waals surface area contributed by atoms with E-state index in [1.807, 2.05) is 13.8 Å². The van der Waals surface area contributed by atoms with Crippen molar-refractivity contribution in [3.63, 3.8) is 0 Å². The van der Waals surface area contributed by atoms with Gasteiger partial charge in [-0.25, -0.2) is 0 Å². The van der Waals surface area contributed by atoms with E-state index in [1.54, 1.807) is 18.9 Å². The van der Waals surface area contributed by atoms with Crippen molar-refractivity contribution in [1.29, 1.82) is 0 Å². The maximum Gasteiger partial charge on any atom is 0.311 e. The zero-order valence-electron chi connectivity index (χ0n) is 11.0. The fourth-order valence-electron chi connectivity index (χ4n) is 2.31. The van der Waals surface area contributed by atoms with Crippen LogP contribution in [0.5, 0.6) is 0 Å². The molecule has 1 heterocycles. The number of carbonyl (C=O) groups excluding carboxylic acids is 1. The third-order valence-electron chi connectivity index (χ3n) is 3.95. The second kappa shape index (κ2) is 5.04. The molecule has 0 radical (unpaired) electrons. The molecule has 5 heteroatoms. The van der Waals surface area contributed by atoms with E-state index in [9.17, 15) is 14.7 Å². The number of hydrogen-bond acceptors (Lipinski definition) is 3. The van der Waals surface area contributed by atoms with E-state index in [1.165, 1.54) is 0 Å². The van der Waals surface area contributed by atoms with Gasteiger partial charge in [-0.3, -0.25) is 9.59 Å². The van der Waals surface area contributed by atoms with Crippen molar-refractivity contribution in [3.8, 4) is 0 Å². The number of nitrogens with one attached hydrogen (secondary N) is 1. The molecular weight excluding hydrogens is 220 g/mol. The van der Waals surface area contributed by atoms with Crippen LogP contribution in [0, 0.1) is 11.3 Å². The smallest absolute Gasteiger partial charge is 0.311 e. The first-order valence-electron chi connectivity index (χ1n) is 6.04. The SMILES string of the molecule is CNC(C)C(=O)N1CCC(C(=O)O)(C(C)C)C1. The fraction of sp³-hybridized carbons (Fsp3) is 0.833. The minimum atomic E-state index is -0.792. The van der Waals surface area contributed by atoms with E-state index in [0.717, 1.165) is 0 Å². The molecule has 1 saturated heterocycles. The summed E-state index contributed by atoms with van der Waals surface area (Å²) in [6.45, 7) is 6.46. The number of rotatable bonds is 4. The summed E-state index contributed by atoms with van der Waals surface area (Å²) in [6.07, 6.45) is 0.544. The molecule has 98 valence electrons. The maximum atomic E-state index is 12.0. The molecule has 0 aromatic rings. The van der Waals surface area contributed by atoms with E-state index in [4.69, 9.17) is 0 Å². The lowest BCUT2D eigenvalue weighted by atomic mass is 9.76. The quantitative estimate of drug-likeness (QED) is 0.755. The van der Waals surface area contributed by atoms with Crippen LogP contribution >= 0.6 is 0 Å². The van der Waals surface area contributed by atoms with Crippen molar-refractivity contribution in [3.05, 3.63) is 0 Å². The van der Waals surface area contributed by atoms with Crippen molar-refractivity contribution in [2.75, 3.05) is 20.1 Å². The largest absolute Gasteiger partial charge is 0.481 e. The van der Waals surface area contributed by atoms with Crippen molar-refractivity contribution in [2.24, 2.45) is 11.3 Å². The van der Waals surface area contributed by atoms with Crippen molar-refractivity contribution >= 4 is 11.9 Å². The Morgan fingerprint density at radius 2 is 1.94 bits per heavy atom. The molecule has 0 aromatic carbocycles. The predicted molar refractivity (Wildman–Crippen MR) is 64.6 cm³/mol. The Morgan fingerprint density at radius 1 is 1.35 bits per heavy atom. The molecule has 0 aliphatic carbocycles. The highest BCUT2D eigenvalue weighted by Gasteiger charge is 2.48. The Morgan fingerprint density at radius 3 is 2.29 bits per heavy atom. The van der Waals surface area contributed by atoms with Gasteiger partial charge in [0.1, 0.15) is 0 Å². The second-order valence-electron chi connectivity index (χ2n) is 5.14. The summed E-state index contributed by atoms with van der Waals surface area (Å²) in [4.78, 5) is 25.1. The van der Waals surface area contributed by atoms with E-state index in [2.05, 4.69) is 5.32 Å². The van der Waals surface area contributed by atoms with Gasteiger partial charge in [0, 0.05) is 13.1 Å². The molecular formula is C12H22N2O3. The number of nitrogens with zero attached hydrogens (tertiary/aromatic N) is 1. The Labute approximate surface area is 102 Å². The zero-order valence-corrected chi connectivity index (χ0v) is 11.0. The van der Waals surface area contributed by atoms with E-state index in [0.29, 0.717) is 19.5 Å². The highest BCUT2D eigenvalue weighted by Crippen LogP contribution is 2.38. The van der Waals surface area contributed by atoms with Gasteiger partial charge < -0.3 is 15.3 Å². The Kier molecular flexibility index (Phi) is 4.14. The summed E-state index contributed by atoms with van der Waals surface area (Å²) in [7, 11) is 1.73. The van der Waals surface area contributed by atoms with Gasteiger partial charge in [0.2, 0.25) is 5.91 Å². The number of likely N-dealkylation sites (tertiary alicyclic amines) is 1. The molecule has 0 aromatic heterocycles. The number of carboxylic acid groups (broad SMARTS) is 1. The van der Waals surface area contributed by atoms with Crippen molar-refractivity contribution in [2.45, 2.75) is 33.2 Å². The average Bonchev–Trinajstić information content (AvgIpc) is 2.73. The van der Waals surface area contributed by atoms with Gasteiger partial charge in [0.25, 0.3) is 0 Å². The second-order valence-corrected chi connectivity index (χ2v) is 5.14. The fourth-order valence-corrected chi connectivity index (χ4v) is 2.31. The first kappa shape index (κ1) is 14.0. The molecule has 2 unspecified atom stereocenters. The summed E-state index contributed by atoms with van der Waals surface area (Å²) in [5, 5.41) is 12.3. The average molecular weight is 242 g/mol. The zero-order chi connectivity index (χ0) is 13.2. The third-order valence-corrected chi connectivity index (χ3v) is 3.95. The van der Waals surface area contributed by atoms with Gasteiger partial charge in [0.15, 0.2) is 0 Å². The molecule has 1 amide bonds. The number of hydrogen-bond donors (Lipinski definition) is 2. The lowest BCUT2D eigenvalue weighted by Crippen LogP contribution is -2.45. The Bertz CT molecular complexity index is 317. The Balaban J connectivity index is 2.80. The normalized spacial score (nSPS) is 26.3. The Hall–Kier alpha value is -1.10. The lowest BCUT2D eigenvalue weighted by Gasteiger charge is -2.29. The summed E-state index contributed by atoms with van der Waals surface area (Å²) in [5.74, 6) is -0.779. The molecule has 0 spiro atoms. The molecule has 0 bridgehead atoms. The molecule has 0 saturated carbocycles. The van der Waals surface area contributed by atoms with Crippen LogP contribution in [0.15, 0.2) is 0 Å². The predicted octanol–water partition coefficient (Wildman–Crippen LogP) is 0.554. The summed E-state index contributed by atoms with van der Waals surface area (Å²) in [5.41, 5.74) is -0.775. The monoisotopic (exact) mass is 242 g/mol. The van der Waals surface area contributed by atoms with Gasteiger partial charge >= 0.3 is 5.97 Å². The first-order chi connectivity index (χ1) is 7.85. The van der Waals surface area contributed by atoms with Gasteiger partial charge in [-0.2, -0.15) is 0 Å². The van der Waals surface area contributed by atoms with Crippen LogP contribution in [0.25, 0.3) is 0 Å². The van der Waals surface area contributed by atoms with E-state index < -0.39 is 11.4 Å². The topological polar surface area (TPSA) is 69.6 Å². The maximum absolute atomic E-state index is 12.0. The molecule has 1 rings (SSSR count). The van der Waals surface area contributed by atoms with E-state index >= 15 is 0 Å².